The van der Waals surface area contributed by atoms with Gasteiger partial charge in [-0.3, -0.25) is 14.7 Å². The van der Waals surface area contributed by atoms with Crippen molar-refractivity contribution in [1.29, 1.82) is 0 Å². The smallest absolute Gasteiger partial charge is 0.339 e. The molecule has 2 heterocycles. The first-order chi connectivity index (χ1) is 19.1. The molecule has 0 atom stereocenters. The highest BCUT2D eigenvalue weighted by atomic mass is 35.5. The van der Waals surface area contributed by atoms with Gasteiger partial charge in [0.15, 0.2) is 5.13 Å². The van der Waals surface area contributed by atoms with Crippen molar-refractivity contribution in [3.05, 3.63) is 72.6 Å². The third-order valence-corrected chi connectivity index (χ3v) is 8.54. The molecule has 0 fully saturated rings. The molecule has 0 unspecified atom stereocenters. The van der Waals surface area contributed by atoms with Crippen molar-refractivity contribution in [2.45, 2.75) is 57.5 Å². The predicted molar refractivity (Wildman–Crippen MR) is 168 cm³/mol. The highest BCUT2D eigenvalue weighted by molar-refractivity contribution is 7.87. The summed E-state index contributed by atoms with van der Waals surface area (Å²) in [7, 11) is -4.03. The number of hydrogen-bond donors (Lipinski definition) is 2. The van der Waals surface area contributed by atoms with Crippen molar-refractivity contribution in [3.8, 4) is 5.75 Å². The van der Waals surface area contributed by atoms with Crippen LogP contribution >= 0.6 is 23.7 Å². The Morgan fingerprint density at radius 2 is 1.78 bits per heavy atom. The molecule has 2 aromatic carbocycles. The van der Waals surface area contributed by atoms with Crippen LogP contribution in [0.25, 0.3) is 10.2 Å². The van der Waals surface area contributed by atoms with E-state index in [1.165, 1.54) is 23.5 Å². The van der Waals surface area contributed by atoms with Crippen LogP contribution in [-0.4, -0.2) is 54.4 Å². The Bertz CT molecular complexity index is 1520. The van der Waals surface area contributed by atoms with Crippen molar-refractivity contribution >= 4 is 60.8 Å². The number of benzene rings is 2. The Hall–Kier alpha value is -3.25. The van der Waals surface area contributed by atoms with Crippen molar-refractivity contribution in [1.82, 2.24) is 14.9 Å². The number of hydrogen-bond acceptors (Lipinski definition) is 9. The fourth-order valence-corrected chi connectivity index (χ4v) is 6.19. The van der Waals surface area contributed by atoms with Gasteiger partial charge in [-0.05, 0) is 82.1 Å². The summed E-state index contributed by atoms with van der Waals surface area (Å²) in [6.07, 6.45) is 4.31. The van der Waals surface area contributed by atoms with Crippen LogP contribution in [0, 0.1) is 0 Å². The Kier molecular flexibility index (Phi) is 11.5. The van der Waals surface area contributed by atoms with E-state index in [0.717, 1.165) is 24.3 Å². The van der Waals surface area contributed by atoms with E-state index >= 15 is 0 Å². The quantitative estimate of drug-likeness (QED) is 0.176. The third kappa shape index (κ3) is 9.12. The number of aromatic nitrogens is 2. The molecule has 2 N–H and O–H groups in total. The van der Waals surface area contributed by atoms with E-state index in [9.17, 15) is 13.2 Å². The van der Waals surface area contributed by atoms with Crippen molar-refractivity contribution in [3.63, 3.8) is 0 Å². The first-order valence-electron chi connectivity index (χ1n) is 13.2. The molecular weight excluding hydrogens is 582 g/mol. The molecule has 0 bridgehead atoms. The van der Waals surface area contributed by atoms with Crippen LogP contribution in [0.5, 0.6) is 5.75 Å². The van der Waals surface area contributed by atoms with Gasteiger partial charge in [0.1, 0.15) is 10.6 Å². The topological polar surface area (TPSA) is 114 Å². The number of fused-ring (bicyclic) bond motifs is 1. The zero-order valence-corrected chi connectivity index (χ0v) is 26.0. The summed E-state index contributed by atoms with van der Waals surface area (Å²) < 4.78 is 31.9. The summed E-state index contributed by atoms with van der Waals surface area (Å²) in [5.41, 5.74) is 2.46. The van der Waals surface area contributed by atoms with Gasteiger partial charge in [0.05, 0.1) is 10.2 Å². The average Bonchev–Trinajstić information content (AvgIpc) is 3.31. The minimum atomic E-state index is -4.03. The number of nitrogens with zero attached hydrogens (tertiary/aromatic N) is 3. The molecule has 0 spiro atoms. The van der Waals surface area contributed by atoms with Gasteiger partial charge in [0, 0.05) is 55.7 Å². The van der Waals surface area contributed by atoms with E-state index < -0.39 is 10.1 Å². The first-order valence-corrected chi connectivity index (χ1v) is 15.5. The maximum atomic E-state index is 12.9. The number of amides is 1. The second-order valence-electron chi connectivity index (χ2n) is 9.97. The molecule has 9 nitrogen and oxygen atoms in total. The van der Waals surface area contributed by atoms with Crippen molar-refractivity contribution < 1.29 is 17.4 Å². The highest BCUT2D eigenvalue weighted by Crippen LogP contribution is 2.31. The Balaban J connectivity index is 0.00000462. The molecule has 1 amide bonds. The molecule has 220 valence electrons. The molecule has 0 saturated carbocycles. The molecular formula is C29H36ClN5O4S2. The number of rotatable bonds is 13. The van der Waals surface area contributed by atoms with E-state index in [0.29, 0.717) is 40.3 Å². The maximum absolute atomic E-state index is 12.9. The van der Waals surface area contributed by atoms with Gasteiger partial charge in [-0.1, -0.05) is 17.4 Å². The third-order valence-electron chi connectivity index (χ3n) is 6.34. The Morgan fingerprint density at radius 3 is 2.44 bits per heavy atom. The number of carbonyl (C=O) groups is 1. The van der Waals surface area contributed by atoms with E-state index in [1.807, 2.05) is 12.1 Å². The van der Waals surface area contributed by atoms with Crippen LogP contribution in [0.15, 0.2) is 71.9 Å². The standard InChI is InChI=1S/C29H35N5O4S2.ClH/c1-20(2)34(21(3)4)17-16-31-23-8-11-25(12-9-23)40(36,37)38-24-10-13-26-27(18-24)39-29(32-26)33-28(35)14-7-22-6-5-15-30-19-22;/h5-6,8-13,15,18-21,31H,7,14,16-17H2,1-4H3,(H,32,33,35);1H. The second-order valence-corrected chi connectivity index (χ2v) is 12.5. The van der Waals surface area contributed by atoms with Gasteiger partial charge in [0.2, 0.25) is 5.91 Å². The Labute approximate surface area is 251 Å². The monoisotopic (exact) mass is 617 g/mol. The van der Waals surface area contributed by atoms with Crippen molar-refractivity contribution in [2.24, 2.45) is 0 Å². The number of thiazole rings is 1. The zero-order valence-electron chi connectivity index (χ0n) is 23.5. The van der Waals surface area contributed by atoms with Gasteiger partial charge < -0.3 is 14.8 Å². The summed E-state index contributed by atoms with van der Waals surface area (Å²) in [5.74, 6) is 0.0207. The van der Waals surface area contributed by atoms with Crippen LogP contribution < -0.4 is 14.8 Å². The van der Waals surface area contributed by atoms with Crippen LogP contribution in [0.2, 0.25) is 0 Å². The summed E-state index contributed by atoms with van der Waals surface area (Å²) >= 11 is 1.26. The number of halogens is 1. The van der Waals surface area contributed by atoms with Crippen molar-refractivity contribution in [2.75, 3.05) is 23.7 Å². The fourth-order valence-electron chi connectivity index (χ4n) is 4.35. The summed E-state index contributed by atoms with van der Waals surface area (Å²) in [5, 5.41) is 6.61. The number of aryl methyl sites for hydroxylation is 1. The maximum Gasteiger partial charge on any atom is 0.339 e. The van der Waals surface area contributed by atoms with Gasteiger partial charge in [-0.25, -0.2) is 4.98 Å². The van der Waals surface area contributed by atoms with Crippen LogP contribution in [0.3, 0.4) is 0 Å². The minimum Gasteiger partial charge on any atom is -0.384 e. The van der Waals surface area contributed by atoms with E-state index in [2.05, 4.69) is 53.2 Å². The summed E-state index contributed by atoms with van der Waals surface area (Å²) in [6.45, 7) is 10.3. The number of pyridine rings is 1. The second kappa shape index (κ2) is 14.6. The lowest BCUT2D eigenvalue weighted by atomic mass is 10.1. The Morgan fingerprint density at radius 1 is 1.05 bits per heavy atom. The van der Waals surface area contributed by atoms with Gasteiger partial charge in [-0.2, -0.15) is 8.42 Å². The van der Waals surface area contributed by atoms with Crippen LogP contribution in [0.1, 0.15) is 39.7 Å². The molecule has 0 aliphatic carbocycles. The summed E-state index contributed by atoms with van der Waals surface area (Å²) in [6, 6.07) is 16.0. The van der Waals surface area contributed by atoms with Crippen LogP contribution in [-0.2, 0) is 21.3 Å². The largest absolute Gasteiger partial charge is 0.384 e. The molecule has 0 saturated heterocycles. The fraction of sp³-hybridized carbons (Fsp3) is 0.345. The molecule has 4 aromatic rings. The number of nitrogens with one attached hydrogen (secondary N) is 2. The number of anilines is 2. The lowest BCUT2D eigenvalue weighted by Gasteiger charge is -2.30. The molecule has 4 rings (SSSR count). The van der Waals surface area contributed by atoms with Gasteiger partial charge in [-0.15, -0.1) is 12.4 Å². The van der Waals surface area contributed by atoms with E-state index in [4.69, 9.17) is 4.18 Å². The zero-order chi connectivity index (χ0) is 28.7. The molecule has 41 heavy (non-hydrogen) atoms. The van der Waals surface area contributed by atoms with Gasteiger partial charge in [0.25, 0.3) is 0 Å². The summed E-state index contributed by atoms with van der Waals surface area (Å²) in [4.78, 5) is 23.3. The normalized spacial score (nSPS) is 11.6. The molecule has 0 aliphatic rings. The van der Waals surface area contributed by atoms with E-state index in [1.54, 1.807) is 42.7 Å². The molecule has 12 heteroatoms. The lowest BCUT2D eigenvalue weighted by Crippen LogP contribution is -2.40. The SMILES string of the molecule is CC(C)N(CCNc1ccc(S(=O)(=O)Oc2ccc3nc(NC(=O)CCc4cccnc4)sc3c2)cc1)C(C)C.Cl. The lowest BCUT2D eigenvalue weighted by molar-refractivity contribution is -0.116. The molecule has 0 radical (unpaired) electrons. The average molecular weight is 618 g/mol. The van der Waals surface area contributed by atoms with Crippen LogP contribution in [0.4, 0.5) is 10.8 Å². The van der Waals surface area contributed by atoms with Gasteiger partial charge >= 0.3 is 10.1 Å². The highest BCUT2D eigenvalue weighted by Gasteiger charge is 2.18. The van der Waals surface area contributed by atoms with E-state index in [-0.39, 0.29) is 29.0 Å². The minimum absolute atomic E-state index is 0. The molecule has 2 aromatic heterocycles. The molecule has 0 aliphatic heterocycles. The first kappa shape index (κ1) is 32.3. The predicted octanol–water partition coefficient (Wildman–Crippen LogP) is 5.98. The number of carbonyl (C=O) groups excluding carboxylic acids is 1.